The van der Waals surface area contributed by atoms with E-state index in [1.807, 2.05) is 12.3 Å². The van der Waals surface area contributed by atoms with Gasteiger partial charge in [0.15, 0.2) is 0 Å². The number of aryl methyl sites for hydroxylation is 1. The van der Waals surface area contributed by atoms with Crippen molar-refractivity contribution in [1.29, 1.82) is 0 Å². The van der Waals surface area contributed by atoms with Crippen LogP contribution < -0.4 is 0 Å². The summed E-state index contributed by atoms with van der Waals surface area (Å²) in [5.41, 5.74) is 6.74. The summed E-state index contributed by atoms with van der Waals surface area (Å²) in [6.45, 7) is 3.31. The number of hydrogen-bond donors (Lipinski definition) is 1. The summed E-state index contributed by atoms with van der Waals surface area (Å²) in [5.74, 6) is 0.642. The number of nitrogens with one attached hydrogen (secondary N) is 1. The van der Waals surface area contributed by atoms with E-state index in [1.54, 1.807) is 17.2 Å². The van der Waals surface area contributed by atoms with Crippen molar-refractivity contribution >= 4 is 16.5 Å². The van der Waals surface area contributed by atoms with E-state index >= 15 is 0 Å². The van der Waals surface area contributed by atoms with Crippen LogP contribution in [-0.4, -0.2) is 29.5 Å². The smallest absolute Gasteiger partial charge is 0.123 e. The van der Waals surface area contributed by atoms with Gasteiger partial charge in [0.2, 0.25) is 0 Å². The Balaban J connectivity index is 1.03. The third kappa shape index (κ3) is 4.62. The number of fused-ring (bicyclic) bond motifs is 2. The molecule has 0 saturated carbocycles. The van der Waals surface area contributed by atoms with Gasteiger partial charge in [-0.15, -0.1) is 0 Å². The summed E-state index contributed by atoms with van der Waals surface area (Å²) in [5, 5.41) is 1.00. The molecule has 162 valence electrons. The van der Waals surface area contributed by atoms with Crippen LogP contribution in [0.15, 0.2) is 54.7 Å². The summed E-state index contributed by atoms with van der Waals surface area (Å²) < 4.78 is 13.7. The first-order chi connectivity index (χ1) is 15.3. The molecular formula is C28H33FN2. The quantitative estimate of drug-likeness (QED) is 0.389. The molecule has 1 aliphatic carbocycles. The molecule has 0 fully saturated rings. The Hall–Kier alpha value is -2.39. The highest BCUT2D eigenvalue weighted by molar-refractivity contribution is 5.92. The van der Waals surface area contributed by atoms with Gasteiger partial charge in [-0.25, -0.2) is 4.39 Å². The molecule has 2 heterocycles. The normalized spacial score (nSPS) is 19.0. The van der Waals surface area contributed by atoms with Crippen LogP contribution in [0.2, 0.25) is 0 Å². The molecule has 5 rings (SSSR count). The van der Waals surface area contributed by atoms with Crippen LogP contribution in [0.4, 0.5) is 4.39 Å². The van der Waals surface area contributed by atoms with Gasteiger partial charge in [-0.05, 0) is 79.5 Å². The molecule has 2 nitrogen and oxygen atoms in total. The lowest BCUT2D eigenvalue weighted by Gasteiger charge is -2.26. The van der Waals surface area contributed by atoms with Crippen molar-refractivity contribution in [1.82, 2.24) is 9.88 Å². The van der Waals surface area contributed by atoms with Crippen molar-refractivity contribution in [3.8, 4) is 0 Å². The second-order valence-electron chi connectivity index (χ2n) is 9.31. The Morgan fingerprint density at radius 2 is 1.90 bits per heavy atom. The lowest BCUT2D eigenvalue weighted by molar-refractivity contribution is 0.293. The lowest BCUT2D eigenvalue weighted by Crippen LogP contribution is -2.29. The molecule has 31 heavy (non-hydrogen) atoms. The Bertz CT molecular complexity index is 1060. The number of aromatic nitrogens is 1. The molecular weight excluding hydrogens is 383 g/mol. The van der Waals surface area contributed by atoms with Gasteiger partial charge in [0.05, 0.1) is 0 Å². The van der Waals surface area contributed by atoms with Crippen LogP contribution in [0.3, 0.4) is 0 Å². The molecule has 1 N–H and O–H groups in total. The summed E-state index contributed by atoms with van der Waals surface area (Å²) in [4.78, 5) is 5.84. The maximum Gasteiger partial charge on any atom is 0.123 e. The van der Waals surface area contributed by atoms with Crippen molar-refractivity contribution in [2.45, 2.75) is 57.3 Å². The number of benzene rings is 2. The SMILES string of the molecule is Fc1ccc2[nH]cc(C3=CCN(CCCCCCC4CCc5ccccc54)CC3)c2c1. The molecule has 2 aliphatic rings. The first kappa shape index (κ1) is 20.5. The van der Waals surface area contributed by atoms with Gasteiger partial charge < -0.3 is 4.98 Å². The van der Waals surface area contributed by atoms with E-state index in [0.29, 0.717) is 0 Å². The Morgan fingerprint density at radius 1 is 1.00 bits per heavy atom. The van der Waals surface area contributed by atoms with E-state index in [-0.39, 0.29) is 5.82 Å². The van der Waals surface area contributed by atoms with Crippen molar-refractivity contribution in [2.24, 2.45) is 0 Å². The minimum atomic E-state index is -0.163. The zero-order chi connectivity index (χ0) is 21.0. The van der Waals surface area contributed by atoms with Gasteiger partial charge in [-0.2, -0.15) is 0 Å². The molecule has 1 aromatic heterocycles. The molecule has 1 atom stereocenters. The molecule has 0 spiro atoms. The van der Waals surface area contributed by atoms with Crippen LogP contribution in [0.1, 0.15) is 67.6 Å². The molecule has 0 amide bonds. The topological polar surface area (TPSA) is 19.0 Å². The monoisotopic (exact) mass is 416 g/mol. The Labute approximate surface area is 185 Å². The van der Waals surface area contributed by atoms with E-state index in [1.165, 1.54) is 68.7 Å². The van der Waals surface area contributed by atoms with Crippen LogP contribution in [0, 0.1) is 5.82 Å². The van der Waals surface area contributed by atoms with E-state index in [2.05, 4.69) is 40.2 Å². The number of rotatable bonds is 8. The van der Waals surface area contributed by atoms with E-state index < -0.39 is 0 Å². The van der Waals surface area contributed by atoms with Crippen LogP contribution in [0.25, 0.3) is 16.5 Å². The second kappa shape index (κ2) is 9.40. The average molecular weight is 417 g/mol. The highest BCUT2D eigenvalue weighted by atomic mass is 19.1. The van der Waals surface area contributed by atoms with Crippen LogP contribution in [-0.2, 0) is 6.42 Å². The lowest BCUT2D eigenvalue weighted by atomic mass is 9.95. The zero-order valence-electron chi connectivity index (χ0n) is 18.4. The third-order valence-electron chi connectivity index (χ3n) is 7.32. The predicted octanol–water partition coefficient (Wildman–Crippen LogP) is 7.08. The van der Waals surface area contributed by atoms with E-state index in [0.717, 1.165) is 36.3 Å². The van der Waals surface area contributed by atoms with Crippen LogP contribution >= 0.6 is 0 Å². The number of H-pyrrole nitrogens is 1. The number of halogens is 1. The van der Waals surface area contributed by atoms with Gasteiger partial charge in [0, 0.05) is 35.8 Å². The van der Waals surface area contributed by atoms with Crippen molar-refractivity contribution < 1.29 is 4.39 Å². The molecule has 0 saturated heterocycles. The highest BCUT2D eigenvalue weighted by Crippen LogP contribution is 2.36. The number of unbranched alkanes of at least 4 members (excludes halogenated alkanes) is 3. The highest BCUT2D eigenvalue weighted by Gasteiger charge is 2.21. The third-order valence-corrected chi connectivity index (χ3v) is 7.32. The van der Waals surface area contributed by atoms with Crippen molar-refractivity contribution in [3.63, 3.8) is 0 Å². The van der Waals surface area contributed by atoms with Crippen molar-refractivity contribution in [2.75, 3.05) is 19.6 Å². The van der Waals surface area contributed by atoms with Gasteiger partial charge in [-0.3, -0.25) is 4.90 Å². The fourth-order valence-electron chi connectivity index (χ4n) is 5.54. The Kier molecular flexibility index (Phi) is 6.22. The second-order valence-corrected chi connectivity index (χ2v) is 9.31. The fraction of sp³-hybridized carbons (Fsp3) is 0.429. The summed E-state index contributed by atoms with van der Waals surface area (Å²) in [7, 11) is 0. The molecule has 0 radical (unpaired) electrons. The number of aromatic amines is 1. The van der Waals surface area contributed by atoms with E-state index in [9.17, 15) is 4.39 Å². The van der Waals surface area contributed by atoms with Gasteiger partial charge >= 0.3 is 0 Å². The zero-order valence-corrected chi connectivity index (χ0v) is 18.4. The van der Waals surface area contributed by atoms with E-state index in [4.69, 9.17) is 0 Å². The van der Waals surface area contributed by atoms with Gasteiger partial charge in [0.25, 0.3) is 0 Å². The molecule has 0 bridgehead atoms. The largest absolute Gasteiger partial charge is 0.361 e. The maximum absolute atomic E-state index is 13.7. The van der Waals surface area contributed by atoms with Crippen LogP contribution in [0.5, 0.6) is 0 Å². The predicted molar refractivity (Wildman–Crippen MR) is 128 cm³/mol. The molecule has 2 aromatic carbocycles. The molecule has 1 aliphatic heterocycles. The summed E-state index contributed by atoms with van der Waals surface area (Å²) in [6, 6.07) is 14.0. The minimum Gasteiger partial charge on any atom is -0.361 e. The first-order valence-electron chi connectivity index (χ1n) is 12.0. The molecule has 3 heteroatoms. The first-order valence-corrected chi connectivity index (χ1v) is 12.0. The standard InChI is InChI=1S/C28H33FN2/c29-24-12-13-28-26(19-24)27(20-30-28)23-14-17-31(18-15-23)16-6-2-1-3-7-21-10-11-22-8-4-5-9-25(21)22/h4-5,8-9,12-14,19-21,30H,1-3,6-7,10-11,15-18H2. The number of nitrogens with zero attached hydrogens (tertiary/aromatic N) is 1. The summed E-state index contributed by atoms with van der Waals surface area (Å²) in [6.07, 6.45) is 14.8. The Morgan fingerprint density at radius 3 is 2.81 bits per heavy atom. The average Bonchev–Trinajstić information content (AvgIpc) is 3.40. The number of hydrogen-bond acceptors (Lipinski definition) is 1. The van der Waals surface area contributed by atoms with Gasteiger partial charge in [-0.1, -0.05) is 49.6 Å². The van der Waals surface area contributed by atoms with Crippen molar-refractivity contribution in [3.05, 3.63) is 77.2 Å². The van der Waals surface area contributed by atoms with Gasteiger partial charge in [0.1, 0.15) is 5.82 Å². The fourth-order valence-corrected chi connectivity index (χ4v) is 5.54. The molecule has 1 unspecified atom stereocenters. The minimum absolute atomic E-state index is 0.163. The molecule has 3 aromatic rings. The maximum atomic E-state index is 13.7. The summed E-state index contributed by atoms with van der Waals surface area (Å²) >= 11 is 0.